The number of halogens is 1. The maximum atomic E-state index is 6.04. The lowest BCUT2D eigenvalue weighted by Gasteiger charge is -2.18. The topological polar surface area (TPSA) is 43.8 Å². The highest BCUT2D eigenvalue weighted by molar-refractivity contribution is 6.31. The Labute approximate surface area is 107 Å². The molecule has 2 aromatic rings. The van der Waals surface area contributed by atoms with Crippen molar-refractivity contribution in [3.63, 3.8) is 0 Å². The van der Waals surface area contributed by atoms with Crippen molar-refractivity contribution in [2.24, 2.45) is 0 Å². The standard InChI is InChI=1S/C13H18ClN3/c1-3-5-10(4-2)17-12-8-9(14)6-7-11(12)16-13(17)15/h6-8,10H,3-5H2,1-2H3,(H2,15,16). The molecule has 1 heterocycles. The van der Waals surface area contributed by atoms with Gasteiger partial charge in [0, 0.05) is 11.1 Å². The molecule has 0 aliphatic carbocycles. The van der Waals surface area contributed by atoms with E-state index >= 15 is 0 Å². The molecule has 0 aliphatic rings. The first-order chi connectivity index (χ1) is 8.17. The molecule has 1 unspecified atom stereocenters. The Kier molecular flexibility index (Phi) is 3.57. The Morgan fingerprint density at radius 2 is 2.18 bits per heavy atom. The second-order valence-electron chi connectivity index (χ2n) is 4.32. The molecule has 0 spiro atoms. The van der Waals surface area contributed by atoms with E-state index in [2.05, 4.69) is 23.4 Å². The van der Waals surface area contributed by atoms with Gasteiger partial charge in [-0.05, 0) is 31.0 Å². The minimum atomic E-state index is 0.406. The van der Waals surface area contributed by atoms with Crippen molar-refractivity contribution in [1.82, 2.24) is 9.55 Å². The van der Waals surface area contributed by atoms with Crippen molar-refractivity contribution >= 4 is 28.6 Å². The number of nitrogen functional groups attached to an aromatic ring is 1. The van der Waals surface area contributed by atoms with Crippen LogP contribution in [0.4, 0.5) is 5.95 Å². The second-order valence-corrected chi connectivity index (χ2v) is 4.76. The van der Waals surface area contributed by atoms with Crippen LogP contribution in [0.25, 0.3) is 11.0 Å². The van der Waals surface area contributed by atoms with Gasteiger partial charge in [-0.25, -0.2) is 4.98 Å². The van der Waals surface area contributed by atoms with Gasteiger partial charge >= 0.3 is 0 Å². The quantitative estimate of drug-likeness (QED) is 0.892. The first-order valence-electron chi connectivity index (χ1n) is 6.10. The van der Waals surface area contributed by atoms with E-state index in [1.165, 1.54) is 0 Å². The average molecular weight is 252 g/mol. The van der Waals surface area contributed by atoms with E-state index in [4.69, 9.17) is 17.3 Å². The second kappa shape index (κ2) is 4.96. The summed E-state index contributed by atoms with van der Waals surface area (Å²) in [6.07, 6.45) is 3.30. The summed E-state index contributed by atoms with van der Waals surface area (Å²) in [6, 6.07) is 6.12. The average Bonchev–Trinajstić information content (AvgIpc) is 2.62. The highest BCUT2D eigenvalue weighted by atomic mass is 35.5. The van der Waals surface area contributed by atoms with Crippen LogP contribution in [0.5, 0.6) is 0 Å². The highest BCUT2D eigenvalue weighted by Crippen LogP contribution is 2.29. The van der Waals surface area contributed by atoms with Crippen molar-refractivity contribution in [2.75, 3.05) is 5.73 Å². The van der Waals surface area contributed by atoms with Gasteiger partial charge in [-0.3, -0.25) is 0 Å². The summed E-state index contributed by atoms with van der Waals surface area (Å²) in [5.41, 5.74) is 7.97. The number of nitrogens with zero attached hydrogens (tertiary/aromatic N) is 2. The molecule has 2 rings (SSSR count). The van der Waals surface area contributed by atoms with Crippen molar-refractivity contribution in [3.05, 3.63) is 23.2 Å². The van der Waals surface area contributed by atoms with Crippen molar-refractivity contribution in [2.45, 2.75) is 39.2 Å². The van der Waals surface area contributed by atoms with E-state index in [1.807, 2.05) is 18.2 Å². The minimum absolute atomic E-state index is 0.406. The summed E-state index contributed by atoms with van der Waals surface area (Å²) in [4.78, 5) is 4.39. The molecule has 4 heteroatoms. The zero-order valence-corrected chi connectivity index (χ0v) is 11.0. The van der Waals surface area contributed by atoms with Gasteiger partial charge in [0.15, 0.2) is 0 Å². The molecule has 3 nitrogen and oxygen atoms in total. The summed E-state index contributed by atoms with van der Waals surface area (Å²) in [7, 11) is 0. The summed E-state index contributed by atoms with van der Waals surface area (Å²) in [5, 5.41) is 0.727. The number of anilines is 1. The molecular formula is C13H18ClN3. The maximum Gasteiger partial charge on any atom is 0.201 e. The molecule has 0 fully saturated rings. The molecule has 0 radical (unpaired) electrons. The van der Waals surface area contributed by atoms with Crippen LogP contribution >= 0.6 is 11.6 Å². The molecular weight excluding hydrogens is 234 g/mol. The van der Waals surface area contributed by atoms with Crippen molar-refractivity contribution < 1.29 is 0 Å². The Morgan fingerprint density at radius 1 is 1.41 bits per heavy atom. The Morgan fingerprint density at radius 3 is 2.82 bits per heavy atom. The van der Waals surface area contributed by atoms with E-state index in [-0.39, 0.29) is 0 Å². The van der Waals surface area contributed by atoms with Crippen LogP contribution in [-0.2, 0) is 0 Å². The van der Waals surface area contributed by atoms with Crippen LogP contribution in [0, 0.1) is 0 Å². The number of hydrogen-bond donors (Lipinski definition) is 1. The van der Waals surface area contributed by atoms with E-state index in [0.29, 0.717) is 12.0 Å². The van der Waals surface area contributed by atoms with Crippen molar-refractivity contribution in [3.8, 4) is 0 Å². The van der Waals surface area contributed by atoms with Gasteiger partial charge in [0.25, 0.3) is 0 Å². The van der Waals surface area contributed by atoms with Gasteiger partial charge in [-0.15, -0.1) is 0 Å². The minimum Gasteiger partial charge on any atom is -0.369 e. The number of benzene rings is 1. The van der Waals surface area contributed by atoms with E-state index < -0.39 is 0 Å². The molecule has 0 amide bonds. The van der Waals surface area contributed by atoms with Crippen molar-refractivity contribution in [1.29, 1.82) is 0 Å². The molecule has 2 N–H and O–H groups in total. The number of rotatable bonds is 4. The maximum absolute atomic E-state index is 6.04. The molecule has 0 bridgehead atoms. The number of hydrogen-bond acceptors (Lipinski definition) is 2. The molecule has 1 atom stereocenters. The van der Waals surface area contributed by atoms with E-state index in [1.54, 1.807) is 0 Å². The summed E-state index contributed by atoms with van der Waals surface area (Å²) in [6.45, 7) is 4.36. The predicted molar refractivity (Wildman–Crippen MR) is 73.4 cm³/mol. The molecule has 17 heavy (non-hydrogen) atoms. The fraction of sp³-hybridized carbons (Fsp3) is 0.462. The first kappa shape index (κ1) is 12.2. The fourth-order valence-electron chi connectivity index (χ4n) is 2.32. The monoisotopic (exact) mass is 251 g/mol. The largest absolute Gasteiger partial charge is 0.369 e. The zero-order chi connectivity index (χ0) is 12.4. The number of fused-ring (bicyclic) bond motifs is 1. The Hall–Kier alpha value is -1.22. The lowest BCUT2D eigenvalue weighted by molar-refractivity contribution is 0.463. The lowest BCUT2D eigenvalue weighted by atomic mass is 10.1. The SMILES string of the molecule is CCCC(CC)n1c(N)nc2ccc(Cl)cc21. The van der Waals surface area contributed by atoms with Gasteiger partial charge in [-0.1, -0.05) is 31.9 Å². The fourth-order valence-corrected chi connectivity index (χ4v) is 2.48. The third-order valence-electron chi connectivity index (χ3n) is 3.14. The van der Waals surface area contributed by atoms with Crippen LogP contribution in [0.15, 0.2) is 18.2 Å². The zero-order valence-electron chi connectivity index (χ0n) is 10.3. The van der Waals surface area contributed by atoms with Gasteiger partial charge in [-0.2, -0.15) is 0 Å². The summed E-state index contributed by atoms with van der Waals surface area (Å²) >= 11 is 6.04. The molecule has 1 aromatic heterocycles. The highest BCUT2D eigenvalue weighted by Gasteiger charge is 2.15. The predicted octanol–water partition coefficient (Wildman–Crippen LogP) is 4.02. The third-order valence-corrected chi connectivity index (χ3v) is 3.37. The van der Waals surface area contributed by atoms with E-state index in [0.717, 1.165) is 35.3 Å². The van der Waals surface area contributed by atoms with E-state index in [9.17, 15) is 0 Å². The van der Waals surface area contributed by atoms with Crippen LogP contribution in [0.2, 0.25) is 5.02 Å². The Balaban J connectivity index is 2.57. The number of nitrogens with two attached hydrogens (primary N) is 1. The van der Waals surface area contributed by atoms with Gasteiger partial charge < -0.3 is 10.3 Å². The van der Waals surface area contributed by atoms with Crippen LogP contribution in [-0.4, -0.2) is 9.55 Å². The van der Waals surface area contributed by atoms with Gasteiger partial charge in [0.2, 0.25) is 5.95 Å². The smallest absolute Gasteiger partial charge is 0.201 e. The first-order valence-corrected chi connectivity index (χ1v) is 6.48. The number of imidazole rings is 1. The molecule has 0 saturated heterocycles. The van der Waals surface area contributed by atoms with Crippen LogP contribution in [0.3, 0.4) is 0 Å². The number of aromatic nitrogens is 2. The summed E-state index contributed by atoms with van der Waals surface area (Å²) < 4.78 is 2.12. The molecule has 92 valence electrons. The lowest BCUT2D eigenvalue weighted by Crippen LogP contribution is -2.11. The van der Waals surface area contributed by atoms with Crippen LogP contribution < -0.4 is 5.73 Å². The summed E-state index contributed by atoms with van der Waals surface area (Å²) in [5.74, 6) is 0.586. The van der Waals surface area contributed by atoms with Gasteiger partial charge in [0.05, 0.1) is 11.0 Å². The third kappa shape index (κ3) is 2.25. The van der Waals surface area contributed by atoms with Crippen LogP contribution in [0.1, 0.15) is 39.2 Å². The normalized spacial score (nSPS) is 13.1. The Bertz CT molecular complexity index is 519. The van der Waals surface area contributed by atoms with Gasteiger partial charge in [0.1, 0.15) is 0 Å². The molecule has 1 aromatic carbocycles. The molecule has 0 aliphatic heterocycles. The molecule has 0 saturated carbocycles.